The van der Waals surface area contributed by atoms with Gasteiger partial charge >= 0.3 is 0 Å². The number of benzene rings is 3. The molecule has 6 rings (SSSR count). The number of nitrogens with zero attached hydrogens (tertiary/aromatic N) is 1. The van der Waals surface area contributed by atoms with Crippen LogP contribution in [0.1, 0.15) is 50.4 Å². The Kier molecular flexibility index (Phi) is 5.79. The average molecular weight is 520 g/mol. The molecular formula is C32H26FN3O3. The number of carbonyl (C=O) groups excluding carboxylic acids is 2. The molecule has 39 heavy (non-hydrogen) atoms. The average Bonchev–Trinajstić information content (AvgIpc) is 3.61. The quantitative estimate of drug-likeness (QED) is 0.270. The molecule has 0 radical (unpaired) electrons. The first kappa shape index (κ1) is 24.6. The van der Waals surface area contributed by atoms with Crippen LogP contribution in [0.5, 0.6) is 0 Å². The molecule has 5 aromatic rings. The number of hydrogen-bond donors (Lipinski definition) is 2. The molecule has 0 bridgehead atoms. The van der Waals surface area contributed by atoms with Crippen molar-refractivity contribution in [2.45, 2.75) is 32.2 Å². The molecule has 6 nitrogen and oxygen atoms in total. The molecular weight excluding hydrogens is 493 g/mol. The number of pyridine rings is 1. The zero-order valence-electron chi connectivity index (χ0n) is 21.5. The molecule has 0 saturated heterocycles. The predicted molar refractivity (Wildman–Crippen MR) is 148 cm³/mol. The molecule has 194 valence electrons. The Bertz CT molecular complexity index is 1750. The van der Waals surface area contributed by atoms with Crippen molar-refractivity contribution in [2.75, 3.05) is 0 Å². The monoisotopic (exact) mass is 519 g/mol. The van der Waals surface area contributed by atoms with Crippen LogP contribution in [0.25, 0.3) is 33.4 Å². The number of rotatable bonds is 6. The van der Waals surface area contributed by atoms with Crippen molar-refractivity contribution in [3.05, 3.63) is 113 Å². The minimum atomic E-state index is -0.643. The van der Waals surface area contributed by atoms with Gasteiger partial charge in [-0.2, -0.15) is 0 Å². The van der Waals surface area contributed by atoms with Crippen LogP contribution in [0.15, 0.2) is 83.4 Å². The SMILES string of the molecule is Cc1cc(C(=O)NC2(c3ccccn3)CC2)cc(-c2ccc3oc(-c4ccc(F)cc4)c(C(N)=O)c3c2)c1C. The zero-order chi connectivity index (χ0) is 27.3. The molecule has 0 unspecified atom stereocenters. The fraction of sp³-hybridized carbons (Fsp3) is 0.156. The third kappa shape index (κ3) is 4.36. The molecule has 1 aliphatic rings. The number of hydrogen-bond acceptors (Lipinski definition) is 4. The van der Waals surface area contributed by atoms with E-state index in [9.17, 15) is 14.0 Å². The number of furan rings is 1. The Morgan fingerprint density at radius 3 is 2.38 bits per heavy atom. The van der Waals surface area contributed by atoms with E-state index in [4.69, 9.17) is 10.2 Å². The van der Waals surface area contributed by atoms with Crippen LogP contribution in [0.3, 0.4) is 0 Å². The summed E-state index contributed by atoms with van der Waals surface area (Å²) in [4.78, 5) is 30.4. The Hall–Kier alpha value is -4.78. The highest BCUT2D eigenvalue weighted by atomic mass is 19.1. The highest BCUT2D eigenvalue weighted by Crippen LogP contribution is 2.45. The number of aryl methyl sites for hydroxylation is 1. The molecule has 2 aromatic heterocycles. The number of nitrogens with one attached hydrogen (secondary N) is 1. The number of fused-ring (bicyclic) bond motifs is 1. The zero-order valence-corrected chi connectivity index (χ0v) is 21.5. The summed E-state index contributed by atoms with van der Waals surface area (Å²) in [5, 5.41) is 3.75. The van der Waals surface area contributed by atoms with Crippen molar-refractivity contribution in [3.63, 3.8) is 0 Å². The second-order valence-corrected chi connectivity index (χ2v) is 10.1. The lowest BCUT2D eigenvalue weighted by Crippen LogP contribution is -2.35. The van der Waals surface area contributed by atoms with Crippen molar-refractivity contribution >= 4 is 22.8 Å². The normalized spacial score (nSPS) is 13.8. The fourth-order valence-electron chi connectivity index (χ4n) is 5.11. The second kappa shape index (κ2) is 9.20. The van der Waals surface area contributed by atoms with Gasteiger partial charge < -0.3 is 15.5 Å². The molecule has 2 amide bonds. The summed E-state index contributed by atoms with van der Waals surface area (Å²) >= 11 is 0. The minimum Gasteiger partial charge on any atom is -0.455 e. The highest BCUT2D eigenvalue weighted by molar-refractivity contribution is 6.11. The summed E-state index contributed by atoms with van der Waals surface area (Å²) in [6, 6.07) is 20.7. The van der Waals surface area contributed by atoms with E-state index >= 15 is 0 Å². The summed E-state index contributed by atoms with van der Waals surface area (Å²) in [5.41, 5.74) is 11.7. The van der Waals surface area contributed by atoms with Crippen molar-refractivity contribution in [3.8, 4) is 22.5 Å². The lowest BCUT2D eigenvalue weighted by atomic mass is 9.92. The van der Waals surface area contributed by atoms with Crippen molar-refractivity contribution < 1.29 is 18.4 Å². The molecule has 0 atom stereocenters. The van der Waals surface area contributed by atoms with E-state index < -0.39 is 11.4 Å². The maximum Gasteiger partial charge on any atom is 0.253 e. The molecule has 1 fully saturated rings. The van der Waals surface area contributed by atoms with Crippen LogP contribution in [0.4, 0.5) is 4.39 Å². The van der Waals surface area contributed by atoms with E-state index in [0.29, 0.717) is 27.9 Å². The molecule has 0 aliphatic heterocycles. The van der Waals surface area contributed by atoms with E-state index in [0.717, 1.165) is 40.8 Å². The lowest BCUT2D eigenvalue weighted by Gasteiger charge is -2.18. The van der Waals surface area contributed by atoms with Crippen LogP contribution in [0, 0.1) is 19.7 Å². The van der Waals surface area contributed by atoms with Crippen molar-refractivity contribution in [1.29, 1.82) is 0 Å². The van der Waals surface area contributed by atoms with Gasteiger partial charge in [-0.1, -0.05) is 12.1 Å². The maximum atomic E-state index is 13.5. The van der Waals surface area contributed by atoms with E-state index in [1.807, 2.05) is 56.3 Å². The first-order valence-electron chi connectivity index (χ1n) is 12.7. The second-order valence-electron chi connectivity index (χ2n) is 10.1. The van der Waals surface area contributed by atoms with Gasteiger partial charge in [0, 0.05) is 22.7 Å². The lowest BCUT2D eigenvalue weighted by molar-refractivity contribution is 0.0928. The van der Waals surface area contributed by atoms with Crippen molar-refractivity contribution in [1.82, 2.24) is 10.3 Å². The topological polar surface area (TPSA) is 98.2 Å². The molecule has 1 saturated carbocycles. The first-order valence-corrected chi connectivity index (χ1v) is 12.7. The number of carbonyl (C=O) groups is 2. The summed E-state index contributed by atoms with van der Waals surface area (Å²) in [6.45, 7) is 3.97. The first-order chi connectivity index (χ1) is 18.8. The number of primary amides is 1. The number of aromatic nitrogens is 1. The van der Waals surface area contributed by atoms with Gasteiger partial charge in [0.1, 0.15) is 17.2 Å². The Labute approximate surface area is 224 Å². The van der Waals surface area contributed by atoms with E-state index in [2.05, 4.69) is 10.3 Å². The largest absolute Gasteiger partial charge is 0.455 e. The van der Waals surface area contributed by atoms with E-state index in [-0.39, 0.29) is 17.3 Å². The van der Waals surface area contributed by atoms with Crippen LogP contribution >= 0.6 is 0 Å². The highest BCUT2D eigenvalue weighted by Gasteiger charge is 2.47. The van der Waals surface area contributed by atoms with E-state index in [1.54, 1.807) is 24.4 Å². The molecule has 1 aliphatic carbocycles. The van der Waals surface area contributed by atoms with Crippen LogP contribution in [-0.4, -0.2) is 16.8 Å². The summed E-state index contributed by atoms with van der Waals surface area (Å²) in [5.74, 6) is -0.904. The van der Waals surface area contributed by atoms with Gasteiger partial charge in [-0.15, -0.1) is 0 Å². The summed E-state index contributed by atoms with van der Waals surface area (Å²) in [7, 11) is 0. The Morgan fingerprint density at radius 1 is 0.974 bits per heavy atom. The molecule has 0 spiro atoms. The van der Waals surface area contributed by atoms with Gasteiger partial charge in [-0.05, 0) is 110 Å². The minimum absolute atomic E-state index is 0.164. The number of halogens is 1. The van der Waals surface area contributed by atoms with Crippen LogP contribution in [-0.2, 0) is 5.54 Å². The number of amides is 2. The van der Waals surface area contributed by atoms with Gasteiger partial charge in [0.05, 0.1) is 16.8 Å². The van der Waals surface area contributed by atoms with Crippen LogP contribution in [0.2, 0.25) is 0 Å². The fourth-order valence-corrected chi connectivity index (χ4v) is 5.11. The third-order valence-corrected chi connectivity index (χ3v) is 7.54. The van der Waals surface area contributed by atoms with Gasteiger partial charge in [0.15, 0.2) is 0 Å². The maximum absolute atomic E-state index is 13.5. The van der Waals surface area contributed by atoms with Crippen molar-refractivity contribution in [2.24, 2.45) is 5.73 Å². The standard InChI is InChI=1S/C32H26FN3O3/c1-18-15-22(31(38)36-32(12-13-32)27-5-3-4-14-35-27)17-24(19(18)2)21-8-11-26-25(16-21)28(30(34)37)29(39-26)20-6-9-23(33)10-7-20/h3-11,14-17H,12-13H2,1-2H3,(H2,34,37)(H,36,38). The molecule has 7 heteroatoms. The Morgan fingerprint density at radius 2 is 1.72 bits per heavy atom. The summed E-state index contributed by atoms with van der Waals surface area (Å²) < 4.78 is 19.5. The van der Waals surface area contributed by atoms with Gasteiger partial charge in [-0.25, -0.2) is 4.39 Å². The molecule has 3 N–H and O–H groups in total. The number of nitrogens with two attached hydrogens (primary N) is 1. The van der Waals surface area contributed by atoms with Gasteiger partial charge in [-0.3, -0.25) is 14.6 Å². The predicted octanol–water partition coefficient (Wildman–Crippen LogP) is 6.44. The molecule has 2 heterocycles. The van der Waals surface area contributed by atoms with Crippen LogP contribution < -0.4 is 11.1 Å². The molecule has 3 aromatic carbocycles. The summed E-state index contributed by atoms with van der Waals surface area (Å²) in [6.07, 6.45) is 3.43. The van der Waals surface area contributed by atoms with Gasteiger partial charge in [0.2, 0.25) is 0 Å². The smallest absolute Gasteiger partial charge is 0.253 e. The van der Waals surface area contributed by atoms with E-state index in [1.165, 1.54) is 12.1 Å². The third-order valence-electron chi connectivity index (χ3n) is 7.54. The van der Waals surface area contributed by atoms with Gasteiger partial charge in [0.25, 0.3) is 11.8 Å². The Balaban J connectivity index is 1.41.